The molecule has 2 aromatic carbocycles. The minimum atomic E-state index is -0.229. The molecule has 0 aliphatic heterocycles. The van der Waals surface area contributed by atoms with Crippen LogP contribution < -0.4 is 14.8 Å². The largest absolute Gasteiger partial charge is 0.479 e. The molecule has 1 aromatic heterocycles. The lowest BCUT2D eigenvalue weighted by atomic mass is 10.1. The molecule has 1 amide bonds. The number of nitrogens with one attached hydrogen (secondary N) is 1. The van der Waals surface area contributed by atoms with Crippen molar-refractivity contribution in [3.05, 3.63) is 71.8 Å². The van der Waals surface area contributed by atoms with Crippen molar-refractivity contribution in [3.63, 3.8) is 0 Å². The smallest absolute Gasteiger partial charge is 0.244 e. The zero-order valence-electron chi connectivity index (χ0n) is 16.8. The van der Waals surface area contributed by atoms with E-state index in [1.54, 1.807) is 18.2 Å². The Balaban J connectivity index is 1.68. The summed E-state index contributed by atoms with van der Waals surface area (Å²) < 4.78 is 11.1. The molecular weight excluding hydrogens is 378 g/mol. The Bertz CT molecular complexity index is 1090. The van der Waals surface area contributed by atoms with Crippen LogP contribution >= 0.6 is 0 Å². The Hall–Kier alpha value is -3.85. The Kier molecular flexibility index (Phi) is 7.39. The van der Waals surface area contributed by atoms with E-state index < -0.39 is 0 Å². The second-order valence-corrected chi connectivity index (χ2v) is 6.57. The van der Waals surface area contributed by atoms with Crippen LogP contribution in [0.1, 0.15) is 24.5 Å². The van der Waals surface area contributed by atoms with Crippen molar-refractivity contribution in [1.82, 2.24) is 10.3 Å². The summed E-state index contributed by atoms with van der Waals surface area (Å²) in [6.07, 6.45) is 4.06. The van der Waals surface area contributed by atoms with Gasteiger partial charge in [0.25, 0.3) is 0 Å². The maximum absolute atomic E-state index is 12.3. The number of hydrogen-bond donors (Lipinski definition) is 1. The number of fused-ring (bicyclic) bond motifs is 1. The van der Waals surface area contributed by atoms with Gasteiger partial charge in [0.15, 0.2) is 6.61 Å². The molecule has 0 radical (unpaired) electrons. The van der Waals surface area contributed by atoms with Crippen LogP contribution in [0.5, 0.6) is 11.6 Å². The standard InChI is InChI=1S/C24H23N3O3/c1-2-13-30-24-20(16-19-7-3-4-9-22(19)27-24)10-11-23(28)26-17-18-6-5-8-21(15-18)29-14-12-25/h3-11,15-16H,2,13-14,17H2,1H3,(H,26,28)/b11-10+. The summed E-state index contributed by atoms with van der Waals surface area (Å²) in [5.74, 6) is 0.883. The zero-order valence-corrected chi connectivity index (χ0v) is 16.8. The van der Waals surface area contributed by atoms with Gasteiger partial charge in [0, 0.05) is 23.6 Å². The minimum absolute atomic E-state index is 0.0131. The van der Waals surface area contributed by atoms with Crippen molar-refractivity contribution in [2.75, 3.05) is 13.2 Å². The van der Waals surface area contributed by atoms with E-state index in [9.17, 15) is 4.79 Å². The summed E-state index contributed by atoms with van der Waals surface area (Å²) in [7, 11) is 0. The number of pyridine rings is 1. The fourth-order valence-corrected chi connectivity index (χ4v) is 2.82. The number of ether oxygens (including phenoxy) is 2. The van der Waals surface area contributed by atoms with Crippen molar-refractivity contribution < 1.29 is 14.3 Å². The van der Waals surface area contributed by atoms with Crippen molar-refractivity contribution in [2.45, 2.75) is 19.9 Å². The van der Waals surface area contributed by atoms with E-state index in [2.05, 4.69) is 10.3 Å². The third kappa shape index (κ3) is 5.82. The molecule has 0 unspecified atom stereocenters. The Morgan fingerprint density at radius 1 is 1.17 bits per heavy atom. The molecule has 0 saturated heterocycles. The molecule has 0 spiro atoms. The third-order valence-electron chi connectivity index (χ3n) is 4.24. The molecule has 6 nitrogen and oxygen atoms in total. The highest BCUT2D eigenvalue weighted by Crippen LogP contribution is 2.23. The number of nitrogens with zero attached hydrogens (tertiary/aromatic N) is 2. The lowest BCUT2D eigenvalue weighted by Gasteiger charge is -2.09. The highest BCUT2D eigenvalue weighted by molar-refractivity contribution is 5.93. The highest BCUT2D eigenvalue weighted by Gasteiger charge is 2.07. The molecule has 3 rings (SSSR count). The van der Waals surface area contributed by atoms with Gasteiger partial charge in [0.2, 0.25) is 11.8 Å². The summed E-state index contributed by atoms with van der Waals surface area (Å²) in [6, 6.07) is 19.0. The summed E-state index contributed by atoms with van der Waals surface area (Å²) in [5.41, 5.74) is 2.49. The number of nitriles is 1. The second kappa shape index (κ2) is 10.6. The van der Waals surface area contributed by atoms with E-state index >= 15 is 0 Å². The molecular formula is C24H23N3O3. The average Bonchev–Trinajstić information content (AvgIpc) is 2.78. The van der Waals surface area contributed by atoms with Gasteiger partial charge in [-0.25, -0.2) is 4.98 Å². The van der Waals surface area contributed by atoms with Gasteiger partial charge in [-0.05, 0) is 42.3 Å². The number of hydrogen-bond acceptors (Lipinski definition) is 5. The topological polar surface area (TPSA) is 84.2 Å². The summed E-state index contributed by atoms with van der Waals surface area (Å²) in [5, 5.41) is 12.4. The van der Waals surface area contributed by atoms with Crippen molar-refractivity contribution in [2.24, 2.45) is 0 Å². The van der Waals surface area contributed by atoms with E-state index in [1.165, 1.54) is 6.08 Å². The molecule has 0 saturated carbocycles. The number of rotatable bonds is 9. The molecule has 1 N–H and O–H groups in total. The number of aromatic nitrogens is 1. The molecule has 0 bridgehead atoms. The van der Waals surface area contributed by atoms with Gasteiger partial charge >= 0.3 is 0 Å². The van der Waals surface area contributed by atoms with Gasteiger partial charge in [-0.1, -0.05) is 37.3 Å². The lowest BCUT2D eigenvalue weighted by Crippen LogP contribution is -2.20. The van der Waals surface area contributed by atoms with E-state index in [-0.39, 0.29) is 12.5 Å². The quantitative estimate of drug-likeness (QED) is 0.542. The van der Waals surface area contributed by atoms with Crippen LogP contribution in [0.15, 0.2) is 60.7 Å². The van der Waals surface area contributed by atoms with Crippen molar-refractivity contribution in [1.29, 1.82) is 5.26 Å². The van der Waals surface area contributed by atoms with Gasteiger partial charge in [0.05, 0.1) is 12.1 Å². The fourth-order valence-electron chi connectivity index (χ4n) is 2.82. The molecule has 6 heteroatoms. The van der Waals surface area contributed by atoms with Crippen molar-refractivity contribution in [3.8, 4) is 17.7 Å². The van der Waals surface area contributed by atoms with E-state index in [0.717, 1.165) is 28.5 Å². The third-order valence-corrected chi connectivity index (χ3v) is 4.24. The average molecular weight is 401 g/mol. The molecule has 1 heterocycles. The van der Waals surface area contributed by atoms with Gasteiger partial charge in [-0.15, -0.1) is 0 Å². The minimum Gasteiger partial charge on any atom is -0.479 e. The maximum atomic E-state index is 12.3. The highest BCUT2D eigenvalue weighted by atomic mass is 16.5. The molecule has 3 aromatic rings. The van der Waals surface area contributed by atoms with Gasteiger partial charge in [0.1, 0.15) is 11.8 Å². The van der Waals surface area contributed by atoms with Crippen LogP contribution in [-0.4, -0.2) is 24.1 Å². The number of amides is 1. The molecule has 0 aliphatic rings. The van der Waals surface area contributed by atoms with E-state index in [0.29, 0.717) is 24.8 Å². The van der Waals surface area contributed by atoms with Gasteiger partial charge < -0.3 is 14.8 Å². The monoisotopic (exact) mass is 401 g/mol. The first-order valence-electron chi connectivity index (χ1n) is 9.77. The van der Waals surface area contributed by atoms with Crippen LogP contribution in [-0.2, 0) is 11.3 Å². The zero-order chi connectivity index (χ0) is 21.2. The Morgan fingerprint density at radius 2 is 2.03 bits per heavy atom. The first kappa shape index (κ1) is 20.9. The Labute approximate surface area is 175 Å². The van der Waals surface area contributed by atoms with Crippen LogP contribution in [0.3, 0.4) is 0 Å². The van der Waals surface area contributed by atoms with E-state index in [1.807, 2.05) is 55.5 Å². The first-order chi connectivity index (χ1) is 14.7. The number of carbonyl (C=O) groups is 1. The van der Waals surface area contributed by atoms with Crippen molar-refractivity contribution >= 4 is 22.9 Å². The summed E-state index contributed by atoms with van der Waals surface area (Å²) in [4.78, 5) is 16.9. The predicted molar refractivity (Wildman–Crippen MR) is 116 cm³/mol. The maximum Gasteiger partial charge on any atom is 0.244 e. The first-order valence-corrected chi connectivity index (χ1v) is 9.77. The molecule has 152 valence electrons. The SMILES string of the molecule is CCCOc1nc2ccccc2cc1/C=C/C(=O)NCc1cccc(OCC#N)c1. The second-order valence-electron chi connectivity index (χ2n) is 6.57. The predicted octanol–water partition coefficient (Wildman–Crippen LogP) is 4.26. The van der Waals surface area contributed by atoms with Gasteiger partial charge in [-0.3, -0.25) is 4.79 Å². The molecule has 0 fully saturated rings. The normalized spacial score (nSPS) is 10.7. The van der Waals surface area contributed by atoms with Gasteiger partial charge in [-0.2, -0.15) is 5.26 Å². The summed E-state index contributed by atoms with van der Waals surface area (Å²) >= 11 is 0. The molecule has 0 aliphatic carbocycles. The fraction of sp³-hybridized carbons (Fsp3) is 0.208. The number of para-hydroxylation sites is 1. The number of benzene rings is 2. The lowest BCUT2D eigenvalue weighted by molar-refractivity contribution is -0.116. The van der Waals surface area contributed by atoms with Crippen LogP contribution in [0.4, 0.5) is 0 Å². The number of carbonyl (C=O) groups excluding carboxylic acids is 1. The van der Waals surface area contributed by atoms with Crippen LogP contribution in [0.25, 0.3) is 17.0 Å². The van der Waals surface area contributed by atoms with Crippen LogP contribution in [0, 0.1) is 11.3 Å². The summed E-state index contributed by atoms with van der Waals surface area (Å²) in [6.45, 7) is 2.93. The Morgan fingerprint density at radius 3 is 2.87 bits per heavy atom. The van der Waals surface area contributed by atoms with E-state index in [4.69, 9.17) is 14.7 Å². The molecule has 0 atom stereocenters. The van der Waals surface area contributed by atoms with Crippen LogP contribution in [0.2, 0.25) is 0 Å². The molecule has 30 heavy (non-hydrogen) atoms.